The number of rotatable bonds is 9. The number of nitrogens with zero attached hydrogens (tertiary/aromatic N) is 1. The number of amides is 1. The first-order valence-electron chi connectivity index (χ1n) is 5.98. The Bertz CT molecular complexity index is 188. The zero-order chi connectivity index (χ0) is 12.4. The van der Waals surface area contributed by atoms with Crippen molar-refractivity contribution in [2.75, 3.05) is 27.3 Å². The lowest BCUT2D eigenvalue weighted by Crippen LogP contribution is -2.33. The fourth-order valence-corrected chi connectivity index (χ4v) is 2.23. The van der Waals surface area contributed by atoms with Crippen molar-refractivity contribution in [3.63, 3.8) is 0 Å². The average molecular weight is 294 g/mol. The van der Waals surface area contributed by atoms with E-state index in [1.807, 2.05) is 7.05 Å². The molecular weight excluding hydrogens is 270 g/mol. The molecule has 0 aliphatic carbocycles. The highest BCUT2D eigenvalue weighted by molar-refractivity contribution is 9.09. The zero-order valence-electron chi connectivity index (χ0n) is 10.7. The summed E-state index contributed by atoms with van der Waals surface area (Å²) in [7, 11) is 3.52. The van der Waals surface area contributed by atoms with Crippen LogP contribution in [0.25, 0.3) is 0 Å². The van der Waals surface area contributed by atoms with Gasteiger partial charge in [0.15, 0.2) is 0 Å². The molecule has 0 aromatic heterocycles. The summed E-state index contributed by atoms with van der Waals surface area (Å²) < 4.78 is 5.01. The van der Waals surface area contributed by atoms with Gasteiger partial charge < -0.3 is 9.64 Å². The van der Waals surface area contributed by atoms with Crippen LogP contribution in [-0.4, -0.2) is 42.9 Å². The van der Waals surface area contributed by atoms with Crippen molar-refractivity contribution in [1.29, 1.82) is 0 Å². The second-order valence-electron chi connectivity index (χ2n) is 4.14. The summed E-state index contributed by atoms with van der Waals surface area (Å²) in [4.78, 5) is 13.7. The van der Waals surface area contributed by atoms with E-state index in [-0.39, 0.29) is 10.7 Å². The van der Waals surface area contributed by atoms with Crippen molar-refractivity contribution in [1.82, 2.24) is 4.90 Å². The second-order valence-corrected chi connectivity index (χ2v) is 5.43. The first-order chi connectivity index (χ1) is 7.61. The van der Waals surface area contributed by atoms with E-state index in [1.54, 1.807) is 12.0 Å². The van der Waals surface area contributed by atoms with E-state index in [9.17, 15) is 4.79 Å². The van der Waals surface area contributed by atoms with Crippen molar-refractivity contribution in [3.05, 3.63) is 0 Å². The molecule has 4 heteroatoms. The monoisotopic (exact) mass is 293 g/mol. The molecule has 0 N–H and O–H groups in total. The maximum Gasteiger partial charge on any atom is 0.222 e. The Labute approximate surface area is 108 Å². The van der Waals surface area contributed by atoms with Gasteiger partial charge in [-0.05, 0) is 6.42 Å². The number of methoxy groups -OCH3 is 1. The van der Waals surface area contributed by atoms with Gasteiger partial charge in [0.2, 0.25) is 5.91 Å². The highest BCUT2D eigenvalue weighted by Crippen LogP contribution is 2.07. The maximum absolute atomic E-state index is 11.7. The summed E-state index contributed by atoms with van der Waals surface area (Å²) >= 11 is 3.48. The Morgan fingerprint density at radius 2 is 2.06 bits per heavy atom. The normalized spacial score (nSPS) is 12.5. The Morgan fingerprint density at radius 3 is 2.62 bits per heavy atom. The third kappa shape index (κ3) is 8.11. The van der Waals surface area contributed by atoms with Crippen molar-refractivity contribution in [2.24, 2.45) is 0 Å². The number of ether oxygens (including phenoxy) is 1. The molecule has 0 aromatic rings. The van der Waals surface area contributed by atoms with Gasteiger partial charge in [0, 0.05) is 27.1 Å². The number of carbonyl (C=O) groups is 1. The fraction of sp³-hybridized carbons (Fsp3) is 0.917. The van der Waals surface area contributed by atoms with Gasteiger partial charge in [0.05, 0.1) is 11.4 Å². The molecule has 0 radical (unpaired) electrons. The van der Waals surface area contributed by atoms with Gasteiger partial charge in [-0.3, -0.25) is 4.79 Å². The summed E-state index contributed by atoms with van der Waals surface area (Å²) in [6, 6.07) is 0. The zero-order valence-corrected chi connectivity index (χ0v) is 12.3. The van der Waals surface area contributed by atoms with Gasteiger partial charge in [-0.2, -0.15) is 0 Å². The standard InChI is InChI=1S/C12H24BrNO2/c1-4-5-6-7-8-12(15)14(2)9-11(13)10-16-3/h11H,4-10H2,1-3H3. The van der Waals surface area contributed by atoms with Crippen LogP contribution in [0.5, 0.6) is 0 Å². The molecule has 1 unspecified atom stereocenters. The molecule has 0 aliphatic heterocycles. The number of halogens is 1. The van der Waals surface area contributed by atoms with Crippen LogP contribution in [-0.2, 0) is 9.53 Å². The molecule has 96 valence electrons. The van der Waals surface area contributed by atoms with Gasteiger partial charge in [-0.1, -0.05) is 42.1 Å². The van der Waals surface area contributed by atoms with Crippen LogP contribution in [0, 0.1) is 0 Å². The SMILES string of the molecule is CCCCCCC(=O)N(C)CC(Br)COC. The van der Waals surface area contributed by atoms with Crippen LogP contribution >= 0.6 is 15.9 Å². The summed E-state index contributed by atoms with van der Waals surface area (Å²) in [5, 5.41) is 0. The van der Waals surface area contributed by atoms with Crippen LogP contribution in [0.2, 0.25) is 0 Å². The maximum atomic E-state index is 11.7. The second kappa shape index (κ2) is 10.1. The van der Waals surface area contributed by atoms with Crippen LogP contribution in [0.4, 0.5) is 0 Å². The predicted molar refractivity (Wildman–Crippen MR) is 71.0 cm³/mol. The van der Waals surface area contributed by atoms with Gasteiger partial charge in [0.25, 0.3) is 0 Å². The largest absolute Gasteiger partial charge is 0.383 e. The highest BCUT2D eigenvalue weighted by Gasteiger charge is 2.12. The lowest BCUT2D eigenvalue weighted by atomic mass is 10.1. The average Bonchev–Trinajstić information content (AvgIpc) is 2.24. The van der Waals surface area contributed by atoms with Gasteiger partial charge in [-0.25, -0.2) is 0 Å². The quantitative estimate of drug-likeness (QED) is 0.483. The summed E-state index contributed by atoms with van der Waals surface area (Å²) in [5.41, 5.74) is 0. The molecular formula is C12H24BrNO2. The molecule has 0 rings (SSSR count). The first kappa shape index (κ1) is 15.9. The molecule has 0 heterocycles. The van der Waals surface area contributed by atoms with Crippen LogP contribution in [0.15, 0.2) is 0 Å². The topological polar surface area (TPSA) is 29.5 Å². The van der Waals surface area contributed by atoms with Gasteiger partial charge in [0.1, 0.15) is 0 Å². The molecule has 0 bridgehead atoms. The van der Waals surface area contributed by atoms with E-state index in [2.05, 4.69) is 22.9 Å². The molecule has 0 saturated heterocycles. The summed E-state index contributed by atoms with van der Waals surface area (Å²) in [6.07, 6.45) is 5.27. The molecule has 16 heavy (non-hydrogen) atoms. The van der Waals surface area contributed by atoms with Gasteiger partial charge in [-0.15, -0.1) is 0 Å². The Kier molecular flexibility index (Phi) is 10.0. The number of unbranched alkanes of at least 4 members (excludes halogenated alkanes) is 3. The minimum atomic E-state index is 0.224. The van der Waals surface area contributed by atoms with E-state index >= 15 is 0 Å². The van der Waals surface area contributed by atoms with Crippen molar-refractivity contribution < 1.29 is 9.53 Å². The van der Waals surface area contributed by atoms with Gasteiger partial charge >= 0.3 is 0 Å². The predicted octanol–water partition coefficient (Wildman–Crippen LogP) is 2.83. The highest BCUT2D eigenvalue weighted by atomic mass is 79.9. The molecule has 1 atom stereocenters. The van der Waals surface area contributed by atoms with E-state index in [1.165, 1.54) is 12.8 Å². The number of hydrogen-bond donors (Lipinski definition) is 0. The third-order valence-electron chi connectivity index (χ3n) is 2.49. The van der Waals surface area contributed by atoms with E-state index in [4.69, 9.17) is 4.74 Å². The lowest BCUT2D eigenvalue weighted by Gasteiger charge is -2.20. The Hall–Kier alpha value is -0.0900. The Balaban J connectivity index is 3.64. The van der Waals surface area contributed by atoms with Crippen LogP contribution < -0.4 is 0 Å². The van der Waals surface area contributed by atoms with E-state index in [0.29, 0.717) is 19.6 Å². The fourth-order valence-electron chi connectivity index (χ4n) is 1.53. The van der Waals surface area contributed by atoms with E-state index < -0.39 is 0 Å². The van der Waals surface area contributed by atoms with Crippen LogP contribution in [0.1, 0.15) is 39.0 Å². The van der Waals surface area contributed by atoms with Crippen molar-refractivity contribution in [2.45, 2.75) is 43.9 Å². The van der Waals surface area contributed by atoms with Crippen molar-refractivity contribution >= 4 is 21.8 Å². The lowest BCUT2D eigenvalue weighted by molar-refractivity contribution is -0.130. The number of alkyl halides is 1. The molecule has 0 fully saturated rings. The molecule has 1 amide bonds. The third-order valence-corrected chi connectivity index (χ3v) is 3.04. The smallest absolute Gasteiger partial charge is 0.222 e. The number of carbonyl (C=O) groups excluding carboxylic acids is 1. The molecule has 0 aliphatic rings. The molecule has 0 saturated carbocycles. The Morgan fingerprint density at radius 1 is 1.38 bits per heavy atom. The minimum Gasteiger partial charge on any atom is -0.383 e. The molecule has 0 spiro atoms. The van der Waals surface area contributed by atoms with E-state index in [0.717, 1.165) is 12.8 Å². The molecule has 3 nitrogen and oxygen atoms in total. The van der Waals surface area contributed by atoms with Crippen molar-refractivity contribution in [3.8, 4) is 0 Å². The van der Waals surface area contributed by atoms with Crippen LogP contribution in [0.3, 0.4) is 0 Å². The number of hydrogen-bond acceptors (Lipinski definition) is 2. The summed E-state index contributed by atoms with van der Waals surface area (Å²) in [5.74, 6) is 0.233. The molecule has 0 aromatic carbocycles. The summed E-state index contributed by atoms with van der Waals surface area (Å²) in [6.45, 7) is 3.52. The minimum absolute atomic E-state index is 0.224. The first-order valence-corrected chi connectivity index (χ1v) is 6.90.